The molecule has 0 aliphatic carbocycles. The maximum Gasteiger partial charge on any atom is 0.178 e. The third kappa shape index (κ3) is 2.79. The van der Waals surface area contributed by atoms with Gasteiger partial charge in [-0.25, -0.2) is 8.42 Å². The molecule has 2 rings (SSSR count). The lowest BCUT2D eigenvalue weighted by atomic mass is 10.3. The van der Waals surface area contributed by atoms with Crippen LogP contribution in [0.25, 0.3) is 11.0 Å². The summed E-state index contributed by atoms with van der Waals surface area (Å²) in [5.41, 5.74) is 2.58. The van der Waals surface area contributed by atoms with Crippen LogP contribution in [0.4, 0.5) is 0 Å². The van der Waals surface area contributed by atoms with Crippen molar-refractivity contribution in [3.63, 3.8) is 0 Å². The Morgan fingerprint density at radius 1 is 1.42 bits per heavy atom. The Hall–Kier alpha value is -1.40. The number of hydrogen-bond donors (Lipinski definition) is 1. The molecule has 0 saturated heterocycles. The molecule has 0 aliphatic heterocycles. The van der Waals surface area contributed by atoms with Gasteiger partial charge in [0.15, 0.2) is 14.6 Å². The lowest BCUT2D eigenvalue weighted by Crippen LogP contribution is -1.99. The molecule has 1 aromatic heterocycles. The van der Waals surface area contributed by atoms with Crippen LogP contribution in [0.15, 0.2) is 34.7 Å². The van der Waals surface area contributed by atoms with E-state index in [-0.39, 0.29) is 4.90 Å². The maximum atomic E-state index is 11.8. The van der Waals surface area contributed by atoms with Gasteiger partial charge in [-0.15, -0.1) is 0 Å². The van der Waals surface area contributed by atoms with E-state index in [4.69, 9.17) is 12.2 Å². The highest BCUT2D eigenvalue weighted by atomic mass is 32.2. The van der Waals surface area contributed by atoms with Crippen LogP contribution in [-0.4, -0.2) is 24.2 Å². The van der Waals surface area contributed by atoms with Crippen molar-refractivity contribution in [1.29, 1.82) is 0 Å². The molecule has 0 amide bonds. The van der Waals surface area contributed by atoms with Gasteiger partial charge in [0.2, 0.25) is 0 Å². The van der Waals surface area contributed by atoms with Gasteiger partial charge in [0.25, 0.3) is 0 Å². The molecule has 2 aromatic rings. The second kappa shape index (κ2) is 4.94. The summed E-state index contributed by atoms with van der Waals surface area (Å²) in [4.78, 5) is 3.28. The van der Waals surface area contributed by atoms with Crippen molar-refractivity contribution in [2.75, 3.05) is 6.26 Å². The van der Waals surface area contributed by atoms with Crippen molar-refractivity contribution >= 4 is 33.1 Å². The van der Waals surface area contributed by atoms with Gasteiger partial charge in [-0.05, 0) is 38.2 Å². The number of hydrogen-bond acceptors (Lipinski definition) is 3. The Balaban J connectivity index is 2.73. The number of aromatic amines is 1. The fourth-order valence-corrected chi connectivity index (χ4v) is 3.05. The summed E-state index contributed by atoms with van der Waals surface area (Å²) in [6.45, 7) is 4.66. The average molecular weight is 296 g/mol. The van der Waals surface area contributed by atoms with Gasteiger partial charge >= 0.3 is 0 Å². The van der Waals surface area contributed by atoms with Gasteiger partial charge in [-0.3, -0.25) is 0 Å². The fraction of sp³-hybridized carbons (Fsp3) is 0.308. The zero-order valence-electron chi connectivity index (χ0n) is 11.1. The number of sulfone groups is 1. The molecule has 0 fully saturated rings. The van der Waals surface area contributed by atoms with E-state index in [1.807, 2.05) is 24.5 Å². The molecular weight excluding hydrogens is 280 g/mol. The molecule has 4 nitrogen and oxygen atoms in total. The molecule has 6 heteroatoms. The molecule has 0 unspecified atom stereocenters. The van der Waals surface area contributed by atoms with Crippen molar-refractivity contribution in [3.05, 3.63) is 34.6 Å². The SMILES string of the molecule is CC(C)=CCn1c(=S)[nH]c2c(S(C)(=O)=O)cccc21. The first kappa shape index (κ1) is 14.0. The van der Waals surface area contributed by atoms with Crippen LogP contribution in [0, 0.1) is 4.77 Å². The molecule has 1 N–H and O–H groups in total. The summed E-state index contributed by atoms with van der Waals surface area (Å²) in [6.07, 6.45) is 3.25. The number of benzene rings is 1. The summed E-state index contributed by atoms with van der Waals surface area (Å²) < 4.78 is 25.9. The molecule has 0 radical (unpaired) electrons. The van der Waals surface area contributed by atoms with E-state index in [2.05, 4.69) is 11.1 Å². The first-order valence-corrected chi connectivity index (χ1v) is 8.15. The monoisotopic (exact) mass is 296 g/mol. The third-order valence-corrected chi connectivity index (χ3v) is 4.32. The molecule has 1 heterocycles. The highest BCUT2D eigenvalue weighted by Gasteiger charge is 2.14. The van der Waals surface area contributed by atoms with E-state index in [1.165, 1.54) is 11.8 Å². The second-order valence-electron chi connectivity index (χ2n) is 4.74. The van der Waals surface area contributed by atoms with E-state index < -0.39 is 9.84 Å². The van der Waals surface area contributed by atoms with Crippen LogP contribution in [0.5, 0.6) is 0 Å². The Kier molecular flexibility index (Phi) is 3.64. The van der Waals surface area contributed by atoms with E-state index in [9.17, 15) is 8.42 Å². The van der Waals surface area contributed by atoms with Crippen molar-refractivity contribution in [2.45, 2.75) is 25.3 Å². The minimum atomic E-state index is -3.27. The maximum absolute atomic E-state index is 11.8. The van der Waals surface area contributed by atoms with E-state index in [1.54, 1.807) is 12.1 Å². The number of H-pyrrole nitrogens is 1. The Morgan fingerprint density at radius 2 is 2.11 bits per heavy atom. The zero-order valence-corrected chi connectivity index (χ0v) is 12.7. The van der Waals surface area contributed by atoms with Crippen LogP contribution in [0.1, 0.15) is 13.8 Å². The fourth-order valence-electron chi connectivity index (χ4n) is 1.92. The number of imidazole rings is 1. The van der Waals surface area contributed by atoms with Gasteiger partial charge in [-0.2, -0.15) is 0 Å². The number of fused-ring (bicyclic) bond motifs is 1. The predicted octanol–water partition coefficient (Wildman–Crippen LogP) is 3.07. The van der Waals surface area contributed by atoms with Crippen molar-refractivity contribution in [3.8, 4) is 0 Å². The van der Waals surface area contributed by atoms with Gasteiger partial charge in [0.05, 0.1) is 15.9 Å². The van der Waals surface area contributed by atoms with Crippen LogP contribution in [0.2, 0.25) is 0 Å². The van der Waals surface area contributed by atoms with Crippen LogP contribution in [0.3, 0.4) is 0 Å². The van der Waals surface area contributed by atoms with Gasteiger partial charge in [0, 0.05) is 12.8 Å². The Morgan fingerprint density at radius 3 is 2.68 bits per heavy atom. The van der Waals surface area contributed by atoms with E-state index in [0.717, 1.165) is 5.52 Å². The van der Waals surface area contributed by atoms with Gasteiger partial charge < -0.3 is 9.55 Å². The largest absolute Gasteiger partial charge is 0.329 e. The summed E-state index contributed by atoms with van der Waals surface area (Å²) in [5.74, 6) is 0. The average Bonchev–Trinajstić information content (AvgIpc) is 2.60. The van der Waals surface area contributed by atoms with Crippen LogP contribution < -0.4 is 0 Å². The van der Waals surface area contributed by atoms with Gasteiger partial charge in [0.1, 0.15) is 0 Å². The molecule has 0 bridgehead atoms. The van der Waals surface area contributed by atoms with E-state index in [0.29, 0.717) is 16.8 Å². The van der Waals surface area contributed by atoms with E-state index >= 15 is 0 Å². The minimum Gasteiger partial charge on any atom is -0.329 e. The quantitative estimate of drug-likeness (QED) is 0.699. The summed E-state index contributed by atoms with van der Waals surface area (Å²) in [7, 11) is -3.27. The van der Waals surface area contributed by atoms with Crippen LogP contribution >= 0.6 is 12.2 Å². The third-order valence-electron chi connectivity index (χ3n) is 2.85. The molecule has 102 valence electrons. The molecule has 1 aromatic carbocycles. The topological polar surface area (TPSA) is 54.9 Å². The number of nitrogens with one attached hydrogen (secondary N) is 1. The molecule has 0 spiro atoms. The second-order valence-corrected chi connectivity index (χ2v) is 7.12. The Bertz CT molecular complexity index is 807. The number of allylic oxidation sites excluding steroid dienone is 2. The smallest absolute Gasteiger partial charge is 0.178 e. The molecule has 19 heavy (non-hydrogen) atoms. The summed E-state index contributed by atoms with van der Waals surface area (Å²) >= 11 is 5.27. The standard InChI is InChI=1S/C13H16N2O2S2/c1-9(2)7-8-15-10-5-4-6-11(19(3,16)17)12(10)14-13(15)18/h4-7H,8H2,1-3H3,(H,14,18). The normalized spacial score (nSPS) is 11.7. The van der Waals surface area contributed by atoms with Gasteiger partial charge in [-0.1, -0.05) is 17.7 Å². The molecular formula is C13H16N2O2S2. The van der Waals surface area contributed by atoms with Crippen molar-refractivity contribution < 1.29 is 8.42 Å². The summed E-state index contributed by atoms with van der Waals surface area (Å²) in [5, 5.41) is 0. The highest BCUT2D eigenvalue weighted by molar-refractivity contribution is 7.91. The van der Waals surface area contributed by atoms with Crippen molar-refractivity contribution in [1.82, 2.24) is 9.55 Å². The lowest BCUT2D eigenvalue weighted by molar-refractivity contribution is 0.602. The van der Waals surface area contributed by atoms with Crippen LogP contribution in [-0.2, 0) is 16.4 Å². The highest BCUT2D eigenvalue weighted by Crippen LogP contribution is 2.22. The number of rotatable bonds is 3. The minimum absolute atomic E-state index is 0.284. The predicted molar refractivity (Wildman–Crippen MR) is 79.7 cm³/mol. The molecule has 0 saturated carbocycles. The first-order chi connectivity index (χ1) is 8.80. The number of aromatic nitrogens is 2. The molecule has 0 atom stereocenters. The van der Waals surface area contributed by atoms with Crippen molar-refractivity contribution in [2.24, 2.45) is 0 Å². The number of nitrogens with zero attached hydrogens (tertiary/aromatic N) is 1. The first-order valence-electron chi connectivity index (χ1n) is 5.85. The Labute approximate surface area is 117 Å². The zero-order chi connectivity index (χ0) is 14.2. The number of para-hydroxylation sites is 1. The molecule has 0 aliphatic rings. The summed E-state index contributed by atoms with van der Waals surface area (Å²) in [6, 6.07) is 5.20. The lowest BCUT2D eigenvalue weighted by Gasteiger charge is -2.03.